The van der Waals surface area contributed by atoms with Gasteiger partial charge in [-0.2, -0.15) is 0 Å². The predicted octanol–water partition coefficient (Wildman–Crippen LogP) is 4.84. The van der Waals surface area contributed by atoms with Crippen molar-refractivity contribution in [3.63, 3.8) is 0 Å². The molecular weight excluding hydrogens is 543 g/mol. The number of amides is 2. The first-order valence-electron chi connectivity index (χ1n) is 15.5. The van der Waals surface area contributed by atoms with Crippen molar-refractivity contribution in [1.29, 1.82) is 0 Å². The van der Waals surface area contributed by atoms with Crippen LogP contribution in [0.25, 0.3) is 0 Å². The number of anilines is 2. The molecule has 2 amide bonds. The first-order valence-corrected chi connectivity index (χ1v) is 15.5. The average Bonchev–Trinajstić information content (AvgIpc) is 3.48. The van der Waals surface area contributed by atoms with Crippen molar-refractivity contribution in [2.24, 2.45) is 23.5 Å². The van der Waals surface area contributed by atoms with Crippen molar-refractivity contribution in [3.05, 3.63) is 94.8 Å². The van der Waals surface area contributed by atoms with E-state index in [0.29, 0.717) is 73.1 Å². The highest BCUT2D eigenvalue weighted by Crippen LogP contribution is 2.52. The van der Waals surface area contributed by atoms with Crippen LogP contribution in [-0.2, 0) is 22.5 Å². The number of halogens is 1. The van der Waals surface area contributed by atoms with Gasteiger partial charge in [0.25, 0.3) is 0 Å². The van der Waals surface area contributed by atoms with E-state index in [1.54, 1.807) is 29.2 Å². The Labute approximate surface area is 253 Å². The van der Waals surface area contributed by atoms with Crippen LogP contribution < -0.4 is 15.5 Å². The minimum Gasteiger partial charge on any atom is -0.378 e. The smallest absolute Gasteiger partial charge is 0.248 e. The van der Waals surface area contributed by atoms with Crippen LogP contribution in [0.5, 0.6) is 0 Å². The Morgan fingerprint density at radius 1 is 1.00 bits per heavy atom. The van der Waals surface area contributed by atoms with E-state index >= 15 is 4.39 Å². The molecule has 2 aliphatic heterocycles. The van der Waals surface area contributed by atoms with Gasteiger partial charge in [-0.1, -0.05) is 43.3 Å². The lowest BCUT2D eigenvalue weighted by Gasteiger charge is -2.31. The van der Waals surface area contributed by atoms with Gasteiger partial charge in [0.05, 0.1) is 24.8 Å². The molecule has 3 aromatic rings. The number of likely N-dealkylation sites (tertiary alicyclic amines) is 1. The Balaban J connectivity index is 1.19. The average molecular weight is 585 g/mol. The van der Waals surface area contributed by atoms with E-state index in [2.05, 4.69) is 36.1 Å². The molecule has 43 heavy (non-hydrogen) atoms. The Hall–Kier alpha value is -3.75. The maximum Gasteiger partial charge on any atom is 0.248 e. The van der Waals surface area contributed by atoms with Gasteiger partial charge in [0.1, 0.15) is 5.82 Å². The second kappa shape index (κ2) is 12.5. The Morgan fingerprint density at radius 2 is 1.70 bits per heavy atom. The van der Waals surface area contributed by atoms with Gasteiger partial charge in [0, 0.05) is 50.5 Å². The summed E-state index contributed by atoms with van der Waals surface area (Å²) in [6, 6.07) is 20.9. The van der Waals surface area contributed by atoms with Crippen LogP contribution in [0, 0.1) is 23.6 Å². The number of hydrogen-bond donors (Lipinski definition) is 1. The number of morpholine rings is 1. The van der Waals surface area contributed by atoms with Gasteiger partial charge in [0.15, 0.2) is 0 Å². The SMILES string of the molecule is CCc1ccc(CN2CC3C(C2)C3CN(C(=O)C(C)c2cccc(C(N)=O)c2)c2ccc(N3CCOCC3)c(F)c2)cc1. The summed E-state index contributed by atoms with van der Waals surface area (Å²) in [5.74, 6) is -0.0887. The zero-order valence-corrected chi connectivity index (χ0v) is 25.0. The van der Waals surface area contributed by atoms with Gasteiger partial charge in [-0.15, -0.1) is 0 Å². The third kappa shape index (κ3) is 6.31. The van der Waals surface area contributed by atoms with E-state index in [1.165, 1.54) is 17.2 Å². The predicted molar refractivity (Wildman–Crippen MR) is 167 cm³/mol. The van der Waals surface area contributed by atoms with Crippen molar-refractivity contribution >= 4 is 23.2 Å². The van der Waals surface area contributed by atoms with Crippen LogP contribution in [0.4, 0.5) is 15.8 Å². The third-order valence-electron chi connectivity index (χ3n) is 9.58. The number of carbonyl (C=O) groups is 2. The molecule has 3 unspecified atom stereocenters. The number of primary amides is 1. The molecule has 8 heteroatoms. The summed E-state index contributed by atoms with van der Waals surface area (Å²) >= 11 is 0. The number of benzene rings is 3. The Bertz CT molecular complexity index is 1460. The number of nitrogens with two attached hydrogens (primary N) is 1. The summed E-state index contributed by atoms with van der Waals surface area (Å²) in [5, 5.41) is 0. The van der Waals surface area contributed by atoms with E-state index in [1.807, 2.05) is 24.0 Å². The first-order chi connectivity index (χ1) is 20.8. The summed E-state index contributed by atoms with van der Waals surface area (Å²) < 4.78 is 21.0. The fourth-order valence-electron chi connectivity index (χ4n) is 6.87. The van der Waals surface area contributed by atoms with Crippen LogP contribution in [-0.4, -0.2) is 62.7 Å². The van der Waals surface area contributed by atoms with Crippen molar-refractivity contribution in [1.82, 2.24) is 4.90 Å². The number of hydrogen-bond acceptors (Lipinski definition) is 5. The van der Waals surface area contributed by atoms with Crippen LogP contribution in [0.2, 0.25) is 0 Å². The first kappa shape index (κ1) is 29.3. The standard InChI is InChI=1S/C35H41FN4O3/c1-3-24-7-9-25(10-8-24)19-38-20-29-30(21-38)31(29)22-40(35(42)23(2)26-5-4-6-27(17-26)34(37)41)28-11-12-33(32(36)18-28)39-13-15-43-16-14-39/h4-12,17-18,23,29-31H,3,13-16,19-22H2,1-2H3,(H2,37,41). The largest absolute Gasteiger partial charge is 0.378 e. The molecule has 1 saturated carbocycles. The monoisotopic (exact) mass is 584 g/mol. The van der Waals surface area contributed by atoms with E-state index in [4.69, 9.17) is 10.5 Å². The van der Waals surface area contributed by atoms with Gasteiger partial charge in [-0.25, -0.2) is 4.39 Å². The van der Waals surface area contributed by atoms with Gasteiger partial charge in [-0.3, -0.25) is 14.5 Å². The number of fused-ring (bicyclic) bond motifs is 1. The Kier molecular flexibility index (Phi) is 8.50. The number of carbonyl (C=O) groups excluding carboxylic acids is 2. The molecule has 3 fully saturated rings. The minimum atomic E-state index is -0.532. The normalized spacial score (nSPS) is 22.2. The highest BCUT2D eigenvalue weighted by molar-refractivity contribution is 5.99. The second-order valence-electron chi connectivity index (χ2n) is 12.3. The van der Waals surface area contributed by atoms with Crippen molar-refractivity contribution in [3.8, 4) is 0 Å². The van der Waals surface area contributed by atoms with Crippen LogP contribution >= 0.6 is 0 Å². The number of aryl methyl sites for hydroxylation is 1. The van der Waals surface area contributed by atoms with Gasteiger partial charge < -0.3 is 20.3 Å². The molecule has 2 saturated heterocycles. The summed E-state index contributed by atoms with van der Waals surface area (Å²) in [6.45, 7) is 9.92. The maximum absolute atomic E-state index is 15.5. The lowest BCUT2D eigenvalue weighted by molar-refractivity contribution is -0.119. The molecule has 0 spiro atoms. The number of piperidine rings is 1. The molecule has 3 aromatic carbocycles. The lowest BCUT2D eigenvalue weighted by atomic mass is 9.97. The molecular formula is C35H41FN4O3. The van der Waals surface area contributed by atoms with Gasteiger partial charge in [0.2, 0.25) is 11.8 Å². The molecule has 1 aliphatic carbocycles. The van der Waals surface area contributed by atoms with Crippen LogP contribution in [0.1, 0.15) is 46.8 Å². The molecule has 6 rings (SSSR count). The van der Waals surface area contributed by atoms with E-state index in [9.17, 15) is 9.59 Å². The molecule has 3 aliphatic rings. The number of ether oxygens (including phenoxy) is 1. The molecule has 2 heterocycles. The molecule has 0 bridgehead atoms. The van der Waals surface area contributed by atoms with Crippen LogP contribution in [0.15, 0.2) is 66.7 Å². The zero-order valence-electron chi connectivity index (χ0n) is 25.0. The fourth-order valence-corrected chi connectivity index (χ4v) is 6.87. The molecule has 0 aromatic heterocycles. The minimum absolute atomic E-state index is 0.113. The summed E-state index contributed by atoms with van der Waals surface area (Å²) in [4.78, 5) is 32.2. The summed E-state index contributed by atoms with van der Waals surface area (Å²) in [5.41, 5.74) is 10.4. The maximum atomic E-state index is 15.5. The van der Waals surface area contributed by atoms with Gasteiger partial charge in [-0.05, 0) is 78.1 Å². The van der Waals surface area contributed by atoms with Crippen molar-refractivity contribution < 1.29 is 18.7 Å². The van der Waals surface area contributed by atoms with E-state index in [-0.39, 0.29) is 11.7 Å². The molecule has 7 nitrogen and oxygen atoms in total. The highest BCUT2D eigenvalue weighted by Gasteiger charge is 2.56. The highest BCUT2D eigenvalue weighted by atomic mass is 19.1. The van der Waals surface area contributed by atoms with Gasteiger partial charge >= 0.3 is 0 Å². The topological polar surface area (TPSA) is 79.1 Å². The molecule has 3 atom stereocenters. The van der Waals surface area contributed by atoms with E-state index < -0.39 is 11.8 Å². The molecule has 0 radical (unpaired) electrons. The zero-order chi connectivity index (χ0) is 30.1. The number of rotatable bonds is 10. The summed E-state index contributed by atoms with van der Waals surface area (Å²) in [7, 11) is 0. The Morgan fingerprint density at radius 3 is 2.35 bits per heavy atom. The van der Waals surface area contributed by atoms with Crippen molar-refractivity contribution in [2.75, 3.05) is 55.7 Å². The second-order valence-corrected chi connectivity index (χ2v) is 12.3. The van der Waals surface area contributed by atoms with E-state index in [0.717, 1.165) is 26.1 Å². The fraction of sp³-hybridized carbons (Fsp3) is 0.429. The quantitative estimate of drug-likeness (QED) is 0.369. The lowest BCUT2D eigenvalue weighted by Crippen LogP contribution is -2.38. The summed E-state index contributed by atoms with van der Waals surface area (Å²) in [6.07, 6.45) is 1.04. The number of nitrogens with zero attached hydrogens (tertiary/aromatic N) is 3. The third-order valence-corrected chi connectivity index (χ3v) is 9.58. The molecule has 2 N–H and O–H groups in total. The molecule has 226 valence electrons. The van der Waals surface area contributed by atoms with Crippen molar-refractivity contribution in [2.45, 2.75) is 32.7 Å². The van der Waals surface area contributed by atoms with Crippen LogP contribution in [0.3, 0.4) is 0 Å².